The van der Waals surface area contributed by atoms with E-state index in [4.69, 9.17) is 11.6 Å². The lowest BCUT2D eigenvalue weighted by Crippen LogP contribution is -2.33. The van der Waals surface area contributed by atoms with Crippen LogP contribution in [0.2, 0.25) is 5.02 Å². The molecule has 2 N–H and O–H groups in total. The molecule has 1 aliphatic rings. The molecule has 1 aliphatic carbocycles. The Morgan fingerprint density at radius 3 is 2.93 bits per heavy atom. The number of nitrogens with zero attached hydrogens (tertiary/aromatic N) is 4. The molecule has 5 rings (SSSR count). The van der Waals surface area contributed by atoms with Crippen LogP contribution in [0, 0.1) is 5.82 Å². The summed E-state index contributed by atoms with van der Waals surface area (Å²) >= 11 is 5.73. The summed E-state index contributed by atoms with van der Waals surface area (Å²) in [5, 5.41) is 8.32. The van der Waals surface area contributed by atoms with E-state index in [1.807, 2.05) is 10.5 Å². The van der Waals surface area contributed by atoms with Crippen molar-refractivity contribution in [1.29, 1.82) is 0 Å². The Labute approximate surface area is 170 Å². The first-order valence-electron chi connectivity index (χ1n) is 9.07. The Balaban J connectivity index is 1.40. The number of halogens is 2. The molecule has 0 spiro atoms. The molecule has 0 bridgehead atoms. The Hall–Kier alpha value is -2.56. The predicted molar refractivity (Wildman–Crippen MR) is 105 cm³/mol. The molecule has 0 saturated heterocycles. The quantitative estimate of drug-likeness (QED) is 0.513. The summed E-state index contributed by atoms with van der Waals surface area (Å²) in [5.41, 5.74) is 2.27. The van der Waals surface area contributed by atoms with E-state index in [1.165, 1.54) is 6.07 Å². The summed E-state index contributed by atoms with van der Waals surface area (Å²) in [6.45, 7) is 0. The zero-order valence-corrected chi connectivity index (χ0v) is 16.6. The number of fused-ring (bicyclic) bond motifs is 3. The molecule has 0 aliphatic heterocycles. The van der Waals surface area contributed by atoms with Crippen LogP contribution in [0.25, 0.3) is 16.8 Å². The lowest BCUT2D eigenvalue weighted by atomic mass is 10.1. The predicted octanol–water partition coefficient (Wildman–Crippen LogP) is 3.01. The summed E-state index contributed by atoms with van der Waals surface area (Å²) in [7, 11) is -3.80. The highest BCUT2D eigenvalue weighted by Gasteiger charge is 2.32. The smallest absolute Gasteiger partial charge is 0.240 e. The molecule has 11 heteroatoms. The first kappa shape index (κ1) is 18.5. The van der Waals surface area contributed by atoms with Gasteiger partial charge < -0.3 is 4.98 Å². The van der Waals surface area contributed by atoms with Crippen LogP contribution in [0.5, 0.6) is 0 Å². The van der Waals surface area contributed by atoms with Crippen LogP contribution < -0.4 is 4.72 Å². The Bertz CT molecular complexity index is 1330. The van der Waals surface area contributed by atoms with E-state index >= 15 is 0 Å². The molecule has 8 nitrogen and oxygen atoms in total. The number of hydrogen-bond acceptors (Lipinski definition) is 5. The number of sulfonamides is 1. The summed E-state index contributed by atoms with van der Waals surface area (Å²) in [5.74, 6) is 0.185. The third-order valence-corrected chi connectivity index (χ3v) is 7.10. The van der Waals surface area contributed by atoms with Crippen LogP contribution in [0.15, 0.2) is 41.6 Å². The van der Waals surface area contributed by atoms with Crippen molar-refractivity contribution in [1.82, 2.24) is 29.3 Å². The fraction of sp³-hybridized carbons (Fsp3) is 0.278. The molecule has 0 unspecified atom stereocenters. The van der Waals surface area contributed by atoms with Gasteiger partial charge in [-0.3, -0.25) is 4.40 Å². The van der Waals surface area contributed by atoms with E-state index in [1.54, 1.807) is 12.4 Å². The molecule has 4 aromatic rings. The van der Waals surface area contributed by atoms with Gasteiger partial charge in [0.15, 0.2) is 11.3 Å². The van der Waals surface area contributed by atoms with Gasteiger partial charge in [0.25, 0.3) is 0 Å². The second kappa shape index (κ2) is 6.75. The molecule has 3 heterocycles. The zero-order valence-electron chi connectivity index (χ0n) is 15.0. The molecule has 2 atom stereocenters. The molecule has 1 aromatic carbocycles. The van der Waals surface area contributed by atoms with Gasteiger partial charge in [-0.05, 0) is 43.5 Å². The standard InChI is InChI=1S/C18H16ClFN6O2S/c19-13-8-12(3-4-14(13)20)29(27,28)25-11-2-1-10(7-11)18-24-23-16-9-22-17-15(26(16)18)5-6-21-17/h3-6,8-11,21,25H,1-2,7H2/t10-,11+/m1/s1. The Morgan fingerprint density at radius 2 is 2.10 bits per heavy atom. The maximum absolute atomic E-state index is 13.3. The van der Waals surface area contributed by atoms with Gasteiger partial charge in [-0.2, -0.15) is 0 Å². The number of aromatic nitrogens is 5. The van der Waals surface area contributed by atoms with Crippen molar-refractivity contribution < 1.29 is 12.8 Å². The SMILES string of the molecule is O=S(=O)(N[C@H]1CC[C@@H](c2nnc3cnc4[nH]ccc4n23)C1)c1ccc(F)c(Cl)c1. The molecule has 0 amide bonds. The van der Waals surface area contributed by atoms with Crippen LogP contribution in [-0.4, -0.2) is 39.0 Å². The highest BCUT2D eigenvalue weighted by molar-refractivity contribution is 7.89. The van der Waals surface area contributed by atoms with E-state index < -0.39 is 15.8 Å². The molecule has 150 valence electrons. The average Bonchev–Trinajstić information content (AvgIpc) is 3.40. The first-order valence-corrected chi connectivity index (χ1v) is 10.9. The lowest BCUT2D eigenvalue weighted by molar-refractivity contribution is 0.546. The summed E-state index contributed by atoms with van der Waals surface area (Å²) in [6.07, 6.45) is 5.48. The van der Waals surface area contributed by atoms with Crippen molar-refractivity contribution in [3.8, 4) is 0 Å². The monoisotopic (exact) mass is 434 g/mol. The minimum absolute atomic E-state index is 0.0509. The lowest BCUT2D eigenvalue weighted by Gasteiger charge is -2.14. The topological polar surface area (TPSA) is 105 Å². The van der Waals surface area contributed by atoms with Crippen molar-refractivity contribution in [3.05, 3.63) is 53.3 Å². The van der Waals surface area contributed by atoms with E-state index in [2.05, 4.69) is 24.9 Å². The Morgan fingerprint density at radius 1 is 1.24 bits per heavy atom. The second-order valence-electron chi connectivity index (χ2n) is 7.13. The largest absolute Gasteiger partial charge is 0.345 e. The zero-order chi connectivity index (χ0) is 20.2. The van der Waals surface area contributed by atoms with Crippen molar-refractivity contribution in [2.75, 3.05) is 0 Å². The van der Waals surface area contributed by atoms with Gasteiger partial charge in [-0.1, -0.05) is 11.6 Å². The maximum Gasteiger partial charge on any atom is 0.240 e. The number of H-pyrrole nitrogens is 1. The summed E-state index contributed by atoms with van der Waals surface area (Å²) in [6, 6.07) is 5.03. The molecule has 3 aromatic heterocycles. The van der Waals surface area contributed by atoms with Gasteiger partial charge in [0, 0.05) is 18.2 Å². The average molecular weight is 435 g/mol. The summed E-state index contributed by atoms with van der Waals surface area (Å²) < 4.78 is 43.3. The van der Waals surface area contributed by atoms with E-state index in [0.717, 1.165) is 35.5 Å². The maximum atomic E-state index is 13.3. The van der Waals surface area contributed by atoms with Crippen LogP contribution in [-0.2, 0) is 10.0 Å². The minimum atomic E-state index is -3.80. The molecular formula is C18H16ClFN6O2S. The third kappa shape index (κ3) is 3.17. The van der Waals surface area contributed by atoms with Gasteiger partial charge >= 0.3 is 0 Å². The number of rotatable bonds is 4. The fourth-order valence-electron chi connectivity index (χ4n) is 3.92. The molecule has 0 radical (unpaired) electrons. The van der Waals surface area contributed by atoms with Gasteiger partial charge in [-0.15, -0.1) is 10.2 Å². The fourth-order valence-corrected chi connectivity index (χ4v) is 5.47. The van der Waals surface area contributed by atoms with Crippen LogP contribution in [0.3, 0.4) is 0 Å². The van der Waals surface area contributed by atoms with E-state index in [-0.39, 0.29) is 21.9 Å². The van der Waals surface area contributed by atoms with Gasteiger partial charge in [0.2, 0.25) is 10.0 Å². The second-order valence-corrected chi connectivity index (χ2v) is 9.25. The Kier molecular flexibility index (Phi) is 4.30. The first-order chi connectivity index (χ1) is 13.9. The number of benzene rings is 1. The van der Waals surface area contributed by atoms with Gasteiger partial charge in [0.05, 0.1) is 21.6 Å². The van der Waals surface area contributed by atoms with Crippen LogP contribution in [0.4, 0.5) is 4.39 Å². The van der Waals surface area contributed by atoms with Crippen LogP contribution >= 0.6 is 11.6 Å². The number of aromatic amines is 1. The highest BCUT2D eigenvalue weighted by Crippen LogP contribution is 2.35. The molecule has 29 heavy (non-hydrogen) atoms. The number of nitrogens with one attached hydrogen (secondary N) is 2. The van der Waals surface area contributed by atoms with Crippen molar-refractivity contribution in [2.45, 2.75) is 36.1 Å². The van der Waals surface area contributed by atoms with Crippen LogP contribution in [0.1, 0.15) is 31.0 Å². The highest BCUT2D eigenvalue weighted by atomic mass is 35.5. The summed E-state index contributed by atoms with van der Waals surface area (Å²) in [4.78, 5) is 7.33. The van der Waals surface area contributed by atoms with E-state index in [0.29, 0.717) is 18.5 Å². The molecular weight excluding hydrogens is 419 g/mol. The van der Waals surface area contributed by atoms with Gasteiger partial charge in [0.1, 0.15) is 11.6 Å². The third-order valence-electron chi connectivity index (χ3n) is 5.29. The normalized spacial score (nSPS) is 20.1. The molecule has 1 saturated carbocycles. The van der Waals surface area contributed by atoms with Crippen molar-refractivity contribution >= 4 is 38.4 Å². The van der Waals surface area contributed by atoms with Crippen molar-refractivity contribution in [3.63, 3.8) is 0 Å². The number of hydrogen-bond donors (Lipinski definition) is 2. The van der Waals surface area contributed by atoms with Crippen molar-refractivity contribution in [2.24, 2.45) is 0 Å². The minimum Gasteiger partial charge on any atom is -0.345 e. The van der Waals surface area contributed by atoms with Gasteiger partial charge in [-0.25, -0.2) is 22.5 Å². The van der Waals surface area contributed by atoms with E-state index in [9.17, 15) is 12.8 Å². The molecule has 1 fully saturated rings.